The lowest BCUT2D eigenvalue weighted by atomic mass is 10.1. The van der Waals surface area contributed by atoms with Crippen molar-refractivity contribution in [1.29, 1.82) is 0 Å². The summed E-state index contributed by atoms with van der Waals surface area (Å²) in [6, 6.07) is 8.98. The van der Waals surface area contributed by atoms with Crippen molar-refractivity contribution in [1.82, 2.24) is 9.55 Å². The minimum Gasteiger partial charge on any atom is -0.406 e. The maximum atomic E-state index is 13.7. The van der Waals surface area contributed by atoms with E-state index in [0.717, 1.165) is 12.1 Å². The summed E-state index contributed by atoms with van der Waals surface area (Å²) in [6.07, 6.45) is -1.50. The van der Waals surface area contributed by atoms with Crippen LogP contribution >= 0.6 is 11.8 Å². The molecule has 5 nitrogen and oxygen atoms in total. The first-order chi connectivity index (χ1) is 13.7. The summed E-state index contributed by atoms with van der Waals surface area (Å²) in [7, 11) is 1.81. The van der Waals surface area contributed by atoms with Crippen molar-refractivity contribution in [2.75, 3.05) is 5.32 Å². The second-order valence-corrected chi connectivity index (χ2v) is 6.99. The molecule has 3 rings (SSSR count). The number of benzene rings is 2. The number of rotatable bonds is 6. The number of anilines is 1. The van der Waals surface area contributed by atoms with Gasteiger partial charge in [-0.1, -0.05) is 12.1 Å². The molecule has 1 aromatic heterocycles. The summed E-state index contributed by atoms with van der Waals surface area (Å²) in [5, 5.41) is 3.30. The van der Waals surface area contributed by atoms with E-state index in [1.54, 1.807) is 17.0 Å². The van der Waals surface area contributed by atoms with E-state index < -0.39 is 18.1 Å². The van der Waals surface area contributed by atoms with Crippen LogP contribution in [0.3, 0.4) is 0 Å². The molecule has 1 heterocycles. The summed E-state index contributed by atoms with van der Waals surface area (Å²) in [6.45, 7) is 0. The standard InChI is InChI=1S/C19H15F4N3O2S/c1-26-9-8-24-18(26)29-16-7-4-13(20)11-15(16)25-17(27)10-12-2-5-14(6-3-12)28-19(21,22)23/h2-9,11H,10H2,1H3,(H,25,27). The normalized spacial score (nSPS) is 11.3. The van der Waals surface area contributed by atoms with Crippen molar-refractivity contribution < 1.29 is 27.1 Å². The smallest absolute Gasteiger partial charge is 0.406 e. The van der Waals surface area contributed by atoms with Gasteiger partial charge in [-0.3, -0.25) is 4.79 Å². The van der Waals surface area contributed by atoms with Gasteiger partial charge in [0.05, 0.1) is 12.1 Å². The predicted octanol–water partition coefficient (Wildman–Crippen LogP) is 4.79. The number of amides is 1. The number of carbonyl (C=O) groups is 1. The fourth-order valence-electron chi connectivity index (χ4n) is 2.43. The van der Waals surface area contributed by atoms with E-state index in [2.05, 4.69) is 15.0 Å². The monoisotopic (exact) mass is 425 g/mol. The van der Waals surface area contributed by atoms with Crippen molar-refractivity contribution in [3.63, 3.8) is 0 Å². The minimum atomic E-state index is -4.78. The van der Waals surface area contributed by atoms with E-state index in [4.69, 9.17) is 0 Å². The van der Waals surface area contributed by atoms with Crippen molar-refractivity contribution in [3.05, 3.63) is 66.2 Å². The molecule has 29 heavy (non-hydrogen) atoms. The van der Waals surface area contributed by atoms with E-state index in [0.29, 0.717) is 15.6 Å². The third kappa shape index (κ3) is 5.98. The van der Waals surface area contributed by atoms with Gasteiger partial charge >= 0.3 is 6.36 Å². The van der Waals surface area contributed by atoms with Crippen LogP contribution in [0, 0.1) is 5.82 Å². The lowest BCUT2D eigenvalue weighted by molar-refractivity contribution is -0.274. The third-order valence-corrected chi connectivity index (χ3v) is 4.87. The zero-order valence-corrected chi connectivity index (χ0v) is 15.9. The van der Waals surface area contributed by atoms with Gasteiger partial charge in [-0.05, 0) is 47.7 Å². The average Bonchev–Trinajstić information content (AvgIpc) is 3.02. The number of carbonyl (C=O) groups excluding carboxylic acids is 1. The highest BCUT2D eigenvalue weighted by atomic mass is 32.2. The van der Waals surface area contributed by atoms with Crippen LogP contribution in [0.15, 0.2) is 64.9 Å². The van der Waals surface area contributed by atoms with Crippen LogP contribution in [-0.4, -0.2) is 21.8 Å². The summed E-state index contributed by atoms with van der Waals surface area (Å²) in [5.74, 6) is -1.33. The Morgan fingerprint density at radius 1 is 1.21 bits per heavy atom. The van der Waals surface area contributed by atoms with E-state index in [9.17, 15) is 22.4 Å². The second kappa shape index (κ2) is 8.56. The van der Waals surface area contributed by atoms with Gasteiger partial charge in [-0.2, -0.15) is 0 Å². The van der Waals surface area contributed by atoms with Gasteiger partial charge in [0.25, 0.3) is 0 Å². The maximum Gasteiger partial charge on any atom is 0.573 e. The minimum absolute atomic E-state index is 0.102. The Morgan fingerprint density at radius 2 is 1.93 bits per heavy atom. The summed E-state index contributed by atoms with van der Waals surface area (Å²) in [4.78, 5) is 17.1. The lowest BCUT2D eigenvalue weighted by Crippen LogP contribution is -2.17. The Hall–Kier alpha value is -3.01. The topological polar surface area (TPSA) is 56.2 Å². The Bertz CT molecular complexity index is 1000. The number of nitrogens with one attached hydrogen (secondary N) is 1. The quantitative estimate of drug-likeness (QED) is 0.577. The molecule has 1 N–H and O–H groups in total. The summed E-state index contributed by atoms with van der Waals surface area (Å²) >= 11 is 1.26. The number of aromatic nitrogens is 2. The molecule has 1 amide bonds. The second-order valence-electron chi connectivity index (χ2n) is 5.98. The molecule has 0 fully saturated rings. The number of alkyl halides is 3. The highest BCUT2D eigenvalue weighted by Crippen LogP contribution is 2.33. The highest BCUT2D eigenvalue weighted by Gasteiger charge is 2.30. The molecule has 0 spiro atoms. The summed E-state index contributed by atoms with van der Waals surface area (Å²) < 4.78 is 55.9. The molecule has 0 saturated heterocycles. The van der Waals surface area contributed by atoms with Crippen LogP contribution in [0.25, 0.3) is 0 Å². The first-order valence-corrected chi connectivity index (χ1v) is 9.10. The van der Waals surface area contributed by atoms with Gasteiger partial charge in [0.15, 0.2) is 5.16 Å². The van der Waals surface area contributed by atoms with Crippen molar-refractivity contribution >= 4 is 23.4 Å². The van der Waals surface area contributed by atoms with Gasteiger partial charge < -0.3 is 14.6 Å². The number of halogens is 4. The Morgan fingerprint density at radius 3 is 2.55 bits per heavy atom. The first kappa shape index (κ1) is 20.7. The predicted molar refractivity (Wildman–Crippen MR) is 99.2 cm³/mol. The SMILES string of the molecule is Cn1ccnc1Sc1ccc(F)cc1NC(=O)Cc1ccc(OC(F)(F)F)cc1. The van der Waals surface area contributed by atoms with Crippen molar-refractivity contribution in [2.24, 2.45) is 7.05 Å². The molecule has 3 aromatic rings. The van der Waals surface area contributed by atoms with E-state index >= 15 is 0 Å². The van der Waals surface area contributed by atoms with Crippen molar-refractivity contribution in [3.8, 4) is 5.75 Å². The van der Waals surface area contributed by atoms with Crippen LogP contribution in [-0.2, 0) is 18.3 Å². The van der Waals surface area contributed by atoms with Gasteiger partial charge in [0, 0.05) is 24.3 Å². The average molecular weight is 425 g/mol. The zero-order valence-electron chi connectivity index (χ0n) is 15.0. The molecule has 10 heteroatoms. The molecule has 2 aromatic carbocycles. The first-order valence-electron chi connectivity index (χ1n) is 8.29. The molecule has 0 radical (unpaired) electrons. The largest absolute Gasteiger partial charge is 0.573 e. The Labute approximate surface area is 167 Å². The van der Waals surface area contributed by atoms with Crippen LogP contribution in [0.4, 0.5) is 23.2 Å². The van der Waals surface area contributed by atoms with Crippen molar-refractivity contribution in [2.45, 2.75) is 22.8 Å². The summed E-state index contributed by atoms with van der Waals surface area (Å²) in [5.41, 5.74) is 0.756. The number of aryl methyl sites for hydroxylation is 1. The van der Waals surface area contributed by atoms with E-state index in [1.165, 1.54) is 42.1 Å². The fourth-order valence-corrected chi connectivity index (χ4v) is 3.30. The number of imidazole rings is 1. The van der Waals surface area contributed by atoms with Crippen LogP contribution in [0.2, 0.25) is 0 Å². The third-order valence-electron chi connectivity index (χ3n) is 3.72. The number of nitrogens with zero attached hydrogens (tertiary/aromatic N) is 2. The molecule has 0 aliphatic rings. The molecular formula is C19H15F4N3O2S. The lowest BCUT2D eigenvalue weighted by Gasteiger charge is -2.12. The molecule has 152 valence electrons. The Kier molecular flexibility index (Phi) is 6.12. The van der Waals surface area contributed by atoms with Gasteiger partial charge in [-0.25, -0.2) is 9.37 Å². The van der Waals surface area contributed by atoms with Crippen LogP contribution in [0.5, 0.6) is 5.75 Å². The number of hydrogen-bond acceptors (Lipinski definition) is 4. The van der Waals surface area contributed by atoms with Gasteiger partial charge in [0.2, 0.25) is 5.91 Å². The van der Waals surface area contributed by atoms with Gasteiger partial charge in [-0.15, -0.1) is 13.2 Å². The van der Waals surface area contributed by atoms with Crippen LogP contribution in [0.1, 0.15) is 5.56 Å². The molecule has 0 unspecified atom stereocenters. The zero-order chi connectivity index (χ0) is 21.0. The molecule has 0 aliphatic carbocycles. The molecule has 0 bridgehead atoms. The van der Waals surface area contributed by atoms with E-state index in [-0.39, 0.29) is 17.9 Å². The van der Waals surface area contributed by atoms with E-state index in [1.807, 2.05) is 7.05 Å². The number of hydrogen-bond donors (Lipinski definition) is 1. The molecular weight excluding hydrogens is 410 g/mol. The van der Waals surface area contributed by atoms with Crippen LogP contribution < -0.4 is 10.1 Å². The van der Waals surface area contributed by atoms with Gasteiger partial charge in [0.1, 0.15) is 11.6 Å². The molecule has 0 atom stereocenters. The Balaban J connectivity index is 1.69. The molecule has 0 aliphatic heterocycles. The molecule has 0 saturated carbocycles. The maximum absolute atomic E-state index is 13.7. The highest BCUT2D eigenvalue weighted by molar-refractivity contribution is 7.99. The fraction of sp³-hybridized carbons (Fsp3) is 0.158. The number of ether oxygens (including phenoxy) is 1.